The van der Waals surface area contributed by atoms with Crippen molar-refractivity contribution in [3.63, 3.8) is 0 Å². The van der Waals surface area contributed by atoms with Gasteiger partial charge in [0, 0.05) is 17.8 Å². The maximum Gasteiger partial charge on any atom is 0.122 e. The Morgan fingerprint density at radius 3 is 2.76 bits per heavy atom. The summed E-state index contributed by atoms with van der Waals surface area (Å²) in [5.41, 5.74) is 0. The van der Waals surface area contributed by atoms with Gasteiger partial charge in [-0.05, 0) is 45.3 Å². The van der Waals surface area contributed by atoms with Crippen molar-refractivity contribution in [1.29, 1.82) is 0 Å². The zero-order valence-corrected chi connectivity index (χ0v) is 11.7. The van der Waals surface area contributed by atoms with E-state index in [9.17, 15) is 0 Å². The lowest BCUT2D eigenvalue weighted by Gasteiger charge is -2.24. The largest absolute Gasteiger partial charge is 0.468 e. The van der Waals surface area contributed by atoms with E-state index in [2.05, 4.69) is 30.6 Å². The molecule has 96 valence electrons. The van der Waals surface area contributed by atoms with Crippen LogP contribution < -0.4 is 5.32 Å². The van der Waals surface area contributed by atoms with Gasteiger partial charge >= 0.3 is 0 Å². The molecule has 0 radical (unpaired) electrons. The van der Waals surface area contributed by atoms with Crippen molar-refractivity contribution in [2.24, 2.45) is 0 Å². The van der Waals surface area contributed by atoms with Crippen LogP contribution in [0.2, 0.25) is 0 Å². The standard InChI is InChI=1S/C13H22N2OS/c1-15(2)11(12-5-4-8-16-12)9-14-10-13(17-3)6-7-13/h4-5,8,11,14H,6-7,9-10H2,1-3H3. The fourth-order valence-electron chi connectivity index (χ4n) is 2.05. The predicted octanol–water partition coefficient (Wildman–Crippen LogP) is 2.37. The highest BCUT2D eigenvalue weighted by atomic mass is 32.2. The van der Waals surface area contributed by atoms with Crippen LogP contribution >= 0.6 is 11.8 Å². The lowest BCUT2D eigenvalue weighted by Crippen LogP contribution is -2.34. The second-order valence-corrected chi connectivity index (χ2v) is 6.29. The number of likely N-dealkylation sites (N-methyl/N-ethyl adjacent to an activating group) is 1. The van der Waals surface area contributed by atoms with Crippen molar-refractivity contribution < 1.29 is 4.42 Å². The topological polar surface area (TPSA) is 28.4 Å². The highest BCUT2D eigenvalue weighted by Crippen LogP contribution is 2.46. The Kier molecular flexibility index (Phi) is 4.17. The van der Waals surface area contributed by atoms with Crippen molar-refractivity contribution in [2.45, 2.75) is 23.6 Å². The normalized spacial score (nSPS) is 19.5. The zero-order chi connectivity index (χ0) is 12.3. The number of hydrogen-bond donors (Lipinski definition) is 1. The van der Waals surface area contributed by atoms with Crippen molar-refractivity contribution in [3.8, 4) is 0 Å². The number of furan rings is 1. The van der Waals surface area contributed by atoms with E-state index in [0.717, 1.165) is 18.8 Å². The summed E-state index contributed by atoms with van der Waals surface area (Å²) < 4.78 is 6.02. The van der Waals surface area contributed by atoms with Gasteiger partial charge in [0.15, 0.2) is 0 Å². The predicted molar refractivity (Wildman–Crippen MR) is 73.5 cm³/mol. The second kappa shape index (κ2) is 5.46. The number of rotatable bonds is 7. The maximum absolute atomic E-state index is 5.49. The smallest absolute Gasteiger partial charge is 0.122 e. The highest BCUT2D eigenvalue weighted by Gasteiger charge is 2.41. The summed E-state index contributed by atoms with van der Waals surface area (Å²) in [7, 11) is 4.19. The molecule has 1 aliphatic rings. The highest BCUT2D eigenvalue weighted by molar-refractivity contribution is 8.00. The van der Waals surface area contributed by atoms with Crippen molar-refractivity contribution >= 4 is 11.8 Å². The minimum atomic E-state index is 0.322. The van der Waals surface area contributed by atoms with Gasteiger partial charge in [-0.25, -0.2) is 0 Å². The summed E-state index contributed by atoms with van der Waals surface area (Å²) in [6.07, 6.45) is 6.67. The molecular formula is C13H22N2OS. The minimum Gasteiger partial charge on any atom is -0.468 e. The molecule has 1 heterocycles. The van der Waals surface area contributed by atoms with Crippen LogP contribution in [0.15, 0.2) is 22.8 Å². The van der Waals surface area contributed by atoms with Crippen LogP contribution in [-0.4, -0.2) is 43.1 Å². The third-order valence-electron chi connectivity index (χ3n) is 3.52. The Hall–Kier alpha value is -0.450. The number of thioether (sulfide) groups is 1. The van der Waals surface area contributed by atoms with Gasteiger partial charge in [-0.2, -0.15) is 11.8 Å². The Morgan fingerprint density at radius 1 is 1.53 bits per heavy atom. The Bertz CT molecular complexity index is 333. The van der Waals surface area contributed by atoms with E-state index < -0.39 is 0 Å². The second-order valence-electron chi connectivity index (χ2n) is 5.01. The van der Waals surface area contributed by atoms with Gasteiger partial charge in [0.2, 0.25) is 0 Å². The molecular weight excluding hydrogens is 232 g/mol. The summed E-state index contributed by atoms with van der Waals surface area (Å²) in [5.74, 6) is 1.04. The summed E-state index contributed by atoms with van der Waals surface area (Å²) in [4.78, 5) is 2.20. The number of nitrogens with one attached hydrogen (secondary N) is 1. The average Bonchev–Trinajstić information content (AvgIpc) is 2.89. The van der Waals surface area contributed by atoms with Crippen LogP contribution in [0, 0.1) is 0 Å². The van der Waals surface area contributed by atoms with Gasteiger partial charge in [-0.15, -0.1) is 0 Å². The molecule has 1 aliphatic carbocycles. The van der Waals surface area contributed by atoms with Crippen LogP contribution in [0.1, 0.15) is 24.6 Å². The lowest BCUT2D eigenvalue weighted by molar-refractivity contribution is 0.250. The van der Waals surface area contributed by atoms with E-state index in [0.29, 0.717) is 10.8 Å². The summed E-state index contributed by atoms with van der Waals surface area (Å²) >= 11 is 2.00. The van der Waals surface area contributed by atoms with E-state index >= 15 is 0 Å². The van der Waals surface area contributed by atoms with E-state index in [4.69, 9.17) is 4.42 Å². The minimum absolute atomic E-state index is 0.322. The first-order valence-corrected chi connectivity index (χ1v) is 7.35. The van der Waals surface area contributed by atoms with E-state index in [1.165, 1.54) is 12.8 Å². The maximum atomic E-state index is 5.49. The molecule has 1 unspecified atom stereocenters. The van der Waals surface area contributed by atoms with Gasteiger partial charge in [0.1, 0.15) is 5.76 Å². The van der Waals surface area contributed by atoms with Crippen molar-refractivity contribution in [3.05, 3.63) is 24.2 Å². The van der Waals surface area contributed by atoms with Crippen LogP contribution in [0.5, 0.6) is 0 Å². The van der Waals surface area contributed by atoms with Crippen LogP contribution in [0.25, 0.3) is 0 Å². The molecule has 1 aromatic heterocycles. The summed E-state index contributed by atoms with van der Waals surface area (Å²) in [5, 5.41) is 3.59. The third kappa shape index (κ3) is 3.27. The third-order valence-corrected chi connectivity index (χ3v) is 4.94. The number of hydrogen-bond acceptors (Lipinski definition) is 4. The van der Waals surface area contributed by atoms with E-state index in [1.54, 1.807) is 6.26 Å². The molecule has 1 N–H and O–H groups in total. The lowest BCUT2D eigenvalue weighted by atomic mass is 10.2. The first-order chi connectivity index (χ1) is 8.17. The first kappa shape index (κ1) is 13.0. The molecule has 0 bridgehead atoms. The molecule has 1 fully saturated rings. The monoisotopic (exact) mass is 254 g/mol. The molecule has 0 amide bonds. The molecule has 4 heteroatoms. The Morgan fingerprint density at radius 2 is 2.29 bits per heavy atom. The van der Waals surface area contributed by atoms with Crippen molar-refractivity contribution in [2.75, 3.05) is 33.4 Å². The molecule has 3 nitrogen and oxygen atoms in total. The summed E-state index contributed by atoms with van der Waals surface area (Å²) in [6.45, 7) is 2.06. The Labute approximate surface area is 108 Å². The zero-order valence-electron chi connectivity index (χ0n) is 10.9. The first-order valence-electron chi connectivity index (χ1n) is 6.12. The molecule has 2 rings (SSSR count). The molecule has 0 aromatic carbocycles. The van der Waals surface area contributed by atoms with E-state index in [1.807, 2.05) is 23.9 Å². The van der Waals surface area contributed by atoms with Crippen LogP contribution in [-0.2, 0) is 0 Å². The fraction of sp³-hybridized carbons (Fsp3) is 0.692. The van der Waals surface area contributed by atoms with Gasteiger partial charge in [-0.3, -0.25) is 4.90 Å². The molecule has 17 heavy (non-hydrogen) atoms. The van der Waals surface area contributed by atoms with Crippen LogP contribution in [0.3, 0.4) is 0 Å². The van der Waals surface area contributed by atoms with Crippen LogP contribution in [0.4, 0.5) is 0 Å². The van der Waals surface area contributed by atoms with Gasteiger partial charge < -0.3 is 9.73 Å². The molecule has 1 atom stereocenters. The summed E-state index contributed by atoms with van der Waals surface area (Å²) in [6, 6.07) is 4.33. The molecule has 0 saturated heterocycles. The quantitative estimate of drug-likeness (QED) is 0.808. The molecule has 1 aromatic rings. The fourth-order valence-corrected chi connectivity index (χ4v) is 2.80. The van der Waals surface area contributed by atoms with Gasteiger partial charge in [0.25, 0.3) is 0 Å². The van der Waals surface area contributed by atoms with Gasteiger partial charge in [-0.1, -0.05) is 0 Å². The molecule has 1 saturated carbocycles. The average molecular weight is 254 g/mol. The number of nitrogens with zero attached hydrogens (tertiary/aromatic N) is 1. The SMILES string of the molecule is CSC1(CNCC(c2ccco2)N(C)C)CC1. The molecule has 0 aliphatic heterocycles. The van der Waals surface area contributed by atoms with Gasteiger partial charge in [0.05, 0.1) is 12.3 Å². The molecule has 0 spiro atoms. The van der Waals surface area contributed by atoms with Crippen molar-refractivity contribution in [1.82, 2.24) is 10.2 Å². The van der Waals surface area contributed by atoms with E-state index in [-0.39, 0.29) is 0 Å². The Balaban J connectivity index is 1.82.